The van der Waals surface area contributed by atoms with Gasteiger partial charge in [0.25, 0.3) is 11.8 Å². The maximum absolute atomic E-state index is 12.3. The number of hydrogen-bond acceptors (Lipinski definition) is 4. The molecule has 0 saturated carbocycles. The molecule has 1 saturated heterocycles. The first-order valence-corrected chi connectivity index (χ1v) is 6.79. The van der Waals surface area contributed by atoms with Crippen LogP contribution in [0.15, 0.2) is 18.2 Å². The lowest BCUT2D eigenvalue weighted by Gasteiger charge is -2.28. The van der Waals surface area contributed by atoms with Gasteiger partial charge in [-0.2, -0.15) is 0 Å². The molecule has 3 rings (SSSR count). The van der Waals surface area contributed by atoms with Crippen molar-refractivity contribution in [1.29, 1.82) is 0 Å². The van der Waals surface area contributed by atoms with E-state index in [-0.39, 0.29) is 11.1 Å². The molecule has 1 fully saturated rings. The van der Waals surface area contributed by atoms with E-state index in [0.717, 1.165) is 4.90 Å². The first-order valence-electron chi connectivity index (χ1n) is 6.00. The van der Waals surface area contributed by atoms with E-state index in [1.54, 1.807) is 6.07 Å². The van der Waals surface area contributed by atoms with Crippen LogP contribution in [-0.2, 0) is 4.79 Å². The molecular formula is C13H9ClN2O3S. The van der Waals surface area contributed by atoms with Crippen LogP contribution in [0.25, 0.3) is 0 Å². The number of imide groups is 1. The van der Waals surface area contributed by atoms with Crippen LogP contribution in [0.4, 0.5) is 0 Å². The Kier molecular flexibility index (Phi) is 3.07. The lowest BCUT2D eigenvalue weighted by Crippen LogP contribution is -2.53. The Hall–Kier alpha value is -1.79. The lowest BCUT2D eigenvalue weighted by atomic mass is 10.1. The summed E-state index contributed by atoms with van der Waals surface area (Å²) in [4.78, 5) is 38.0. The van der Waals surface area contributed by atoms with Crippen molar-refractivity contribution in [3.05, 3.63) is 34.3 Å². The zero-order valence-corrected chi connectivity index (χ0v) is 11.8. The number of halogens is 1. The van der Waals surface area contributed by atoms with E-state index in [9.17, 15) is 14.4 Å². The number of hydrogen-bond donors (Lipinski definition) is 1. The third-order valence-electron chi connectivity index (χ3n) is 3.40. The van der Waals surface area contributed by atoms with Crippen molar-refractivity contribution in [2.45, 2.75) is 18.9 Å². The Morgan fingerprint density at radius 3 is 2.60 bits per heavy atom. The molecule has 1 unspecified atom stereocenters. The van der Waals surface area contributed by atoms with Crippen LogP contribution >= 0.6 is 23.8 Å². The van der Waals surface area contributed by atoms with Gasteiger partial charge < -0.3 is 5.32 Å². The lowest BCUT2D eigenvalue weighted by molar-refractivity contribution is -0.124. The highest BCUT2D eigenvalue weighted by atomic mass is 35.5. The number of thiocarbonyl (C=S) groups is 1. The fourth-order valence-corrected chi connectivity index (χ4v) is 2.83. The van der Waals surface area contributed by atoms with E-state index < -0.39 is 23.8 Å². The van der Waals surface area contributed by atoms with Crippen LogP contribution in [0, 0.1) is 0 Å². The van der Waals surface area contributed by atoms with Gasteiger partial charge in [0.15, 0.2) is 0 Å². The van der Waals surface area contributed by atoms with Gasteiger partial charge in [-0.25, -0.2) is 0 Å². The van der Waals surface area contributed by atoms with Crippen molar-refractivity contribution in [3.63, 3.8) is 0 Å². The van der Waals surface area contributed by atoms with E-state index in [0.29, 0.717) is 22.9 Å². The predicted molar refractivity (Wildman–Crippen MR) is 75.7 cm³/mol. The van der Waals surface area contributed by atoms with Gasteiger partial charge in [0.05, 0.1) is 16.1 Å². The molecule has 1 aromatic rings. The maximum Gasteiger partial charge on any atom is 0.262 e. The summed E-state index contributed by atoms with van der Waals surface area (Å²) in [5, 5.41) is 2.88. The summed E-state index contributed by atoms with van der Waals surface area (Å²) in [7, 11) is 0. The fourth-order valence-electron chi connectivity index (χ4n) is 2.44. The summed E-state index contributed by atoms with van der Waals surface area (Å²) < 4.78 is 0. The molecule has 5 nitrogen and oxygen atoms in total. The van der Waals surface area contributed by atoms with E-state index in [4.69, 9.17) is 23.8 Å². The van der Waals surface area contributed by atoms with Crippen LogP contribution in [0.5, 0.6) is 0 Å². The number of carbonyl (C=O) groups excluding carboxylic acids is 3. The number of nitrogens with one attached hydrogen (secondary N) is 1. The predicted octanol–water partition coefficient (Wildman–Crippen LogP) is 1.54. The van der Waals surface area contributed by atoms with Crippen LogP contribution in [0.1, 0.15) is 33.6 Å². The number of amides is 3. The molecule has 1 N–H and O–H groups in total. The summed E-state index contributed by atoms with van der Waals surface area (Å²) in [6, 6.07) is 3.68. The Balaban J connectivity index is 1.97. The second-order valence-corrected chi connectivity index (χ2v) is 5.57. The summed E-state index contributed by atoms with van der Waals surface area (Å²) >= 11 is 10.8. The summed E-state index contributed by atoms with van der Waals surface area (Å²) in [5.74, 6) is -1.36. The minimum Gasteiger partial charge on any atom is -0.319 e. The van der Waals surface area contributed by atoms with Gasteiger partial charge in [0, 0.05) is 11.4 Å². The Morgan fingerprint density at radius 2 is 1.90 bits per heavy atom. The average Bonchev–Trinajstić information content (AvgIpc) is 2.63. The molecule has 0 bridgehead atoms. The van der Waals surface area contributed by atoms with E-state index in [1.807, 2.05) is 0 Å². The van der Waals surface area contributed by atoms with Crippen molar-refractivity contribution in [3.8, 4) is 0 Å². The summed E-state index contributed by atoms with van der Waals surface area (Å²) in [5.41, 5.74) is 0.517. The van der Waals surface area contributed by atoms with Gasteiger partial charge in [-0.15, -0.1) is 0 Å². The largest absolute Gasteiger partial charge is 0.319 e. The molecule has 7 heteroatoms. The smallest absolute Gasteiger partial charge is 0.262 e. The molecule has 0 radical (unpaired) electrons. The SMILES string of the molecule is O=C1NC(=S)CCC1N1C(=O)c2ccc(Cl)cc2C1=O. The highest BCUT2D eigenvalue weighted by Crippen LogP contribution is 2.29. The normalized spacial score (nSPS) is 22.1. The number of nitrogens with zero attached hydrogens (tertiary/aromatic N) is 1. The Bertz CT molecular complexity index is 674. The molecule has 0 spiro atoms. The van der Waals surface area contributed by atoms with Crippen LogP contribution < -0.4 is 5.32 Å². The number of benzene rings is 1. The standard InChI is InChI=1S/C13H9ClN2O3S/c14-6-1-2-7-8(5-6)13(19)16(12(7)18)9-3-4-10(20)15-11(9)17/h1-2,5,9H,3-4H2,(H,15,17,20). The summed E-state index contributed by atoms with van der Waals surface area (Å²) in [6.45, 7) is 0. The van der Waals surface area contributed by atoms with Crippen molar-refractivity contribution in [2.24, 2.45) is 0 Å². The molecule has 20 heavy (non-hydrogen) atoms. The number of fused-ring (bicyclic) bond motifs is 1. The average molecular weight is 309 g/mol. The monoisotopic (exact) mass is 308 g/mol. The third kappa shape index (κ3) is 1.92. The van der Waals surface area contributed by atoms with Crippen molar-refractivity contribution in [1.82, 2.24) is 10.2 Å². The van der Waals surface area contributed by atoms with Crippen LogP contribution in [-0.4, -0.2) is 33.7 Å². The first kappa shape index (κ1) is 13.2. The topological polar surface area (TPSA) is 66.5 Å². The molecule has 2 aliphatic rings. The quantitative estimate of drug-likeness (QED) is 0.631. The van der Waals surface area contributed by atoms with Crippen LogP contribution in [0.2, 0.25) is 5.02 Å². The number of piperidine rings is 1. The fraction of sp³-hybridized carbons (Fsp3) is 0.231. The molecule has 0 aromatic heterocycles. The van der Waals surface area contributed by atoms with Gasteiger partial charge in [0.2, 0.25) is 5.91 Å². The minimum atomic E-state index is -0.812. The van der Waals surface area contributed by atoms with Crippen molar-refractivity contribution >= 4 is 46.5 Å². The van der Waals surface area contributed by atoms with Crippen LogP contribution in [0.3, 0.4) is 0 Å². The number of carbonyl (C=O) groups is 3. The molecular weight excluding hydrogens is 300 g/mol. The zero-order valence-electron chi connectivity index (χ0n) is 10.2. The Morgan fingerprint density at radius 1 is 1.20 bits per heavy atom. The summed E-state index contributed by atoms with van der Waals surface area (Å²) in [6.07, 6.45) is 0.823. The van der Waals surface area contributed by atoms with Gasteiger partial charge >= 0.3 is 0 Å². The van der Waals surface area contributed by atoms with E-state index >= 15 is 0 Å². The molecule has 0 aliphatic carbocycles. The van der Waals surface area contributed by atoms with Gasteiger partial charge in [-0.1, -0.05) is 23.8 Å². The molecule has 2 aliphatic heterocycles. The highest BCUT2D eigenvalue weighted by Gasteiger charge is 2.44. The second kappa shape index (κ2) is 4.64. The first-order chi connectivity index (χ1) is 9.49. The van der Waals surface area contributed by atoms with E-state index in [2.05, 4.69) is 5.32 Å². The van der Waals surface area contributed by atoms with E-state index in [1.165, 1.54) is 12.1 Å². The highest BCUT2D eigenvalue weighted by molar-refractivity contribution is 7.80. The molecule has 1 atom stereocenters. The van der Waals surface area contributed by atoms with Crippen molar-refractivity contribution < 1.29 is 14.4 Å². The van der Waals surface area contributed by atoms with Gasteiger partial charge in [-0.05, 0) is 24.6 Å². The molecule has 1 aromatic carbocycles. The van der Waals surface area contributed by atoms with Gasteiger partial charge in [0.1, 0.15) is 6.04 Å². The van der Waals surface area contributed by atoms with Gasteiger partial charge in [-0.3, -0.25) is 19.3 Å². The maximum atomic E-state index is 12.3. The third-order valence-corrected chi connectivity index (χ3v) is 3.94. The number of rotatable bonds is 1. The molecule has 102 valence electrons. The Labute approximate surface area is 124 Å². The molecule has 3 amide bonds. The second-order valence-electron chi connectivity index (χ2n) is 4.64. The minimum absolute atomic E-state index is 0.239. The molecule has 2 heterocycles. The van der Waals surface area contributed by atoms with Crippen molar-refractivity contribution in [2.75, 3.05) is 0 Å². The zero-order chi connectivity index (χ0) is 14.4.